The van der Waals surface area contributed by atoms with Crippen LogP contribution in [0.1, 0.15) is 17.2 Å². The minimum Gasteiger partial charge on any atom is -0.274 e. The Morgan fingerprint density at radius 2 is 1.85 bits per heavy atom. The molecule has 0 spiro atoms. The molecule has 0 saturated heterocycles. The smallest absolute Gasteiger partial charge is 0.274 e. The van der Waals surface area contributed by atoms with Crippen LogP contribution in [-0.4, -0.2) is 39.9 Å². The fraction of sp³-hybridized carbons (Fsp3) is 0.167. The molecule has 0 fully saturated rings. The molecule has 3 aromatic rings. The standard InChI is InChI=1S/C18H17N5O2S/c1-22-12-15(11-20-22)26(24,25)23-13-16(14-7-3-2-4-8-14)18(21-23)17-9-5-6-10-19-17/h2-12,16H,13H2,1H3. The Hall–Kier alpha value is -3.00. The van der Waals surface area contributed by atoms with Gasteiger partial charge < -0.3 is 0 Å². The summed E-state index contributed by atoms with van der Waals surface area (Å²) in [4.78, 5) is 4.48. The number of hydrogen-bond acceptors (Lipinski definition) is 5. The molecule has 0 aliphatic carbocycles. The molecule has 0 N–H and O–H groups in total. The van der Waals surface area contributed by atoms with Gasteiger partial charge in [0.25, 0.3) is 10.0 Å². The van der Waals surface area contributed by atoms with Gasteiger partial charge in [0, 0.05) is 19.4 Å². The van der Waals surface area contributed by atoms with E-state index in [0.29, 0.717) is 11.4 Å². The third-order valence-electron chi connectivity index (χ3n) is 4.27. The molecule has 1 unspecified atom stereocenters. The van der Waals surface area contributed by atoms with Crippen LogP contribution in [0.15, 0.2) is 77.1 Å². The molecule has 0 saturated carbocycles. The molecule has 1 aliphatic heterocycles. The summed E-state index contributed by atoms with van der Waals surface area (Å²) in [5.74, 6) is -0.183. The van der Waals surface area contributed by atoms with Gasteiger partial charge in [0.05, 0.1) is 30.1 Å². The first-order valence-electron chi connectivity index (χ1n) is 8.12. The Balaban J connectivity index is 1.78. The Morgan fingerprint density at radius 3 is 2.50 bits per heavy atom. The van der Waals surface area contributed by atoms with E-state index in [4.69, 9.17) is 0 Å². The van der Waals surface area contributed by atoms with Crippen molar-refractivity contribution in [1.29, 1.82) is 0 Å². The third kappa shape index (κ3) is 2.88. The highest BCUT2D eigenvalue weighted by molar-refractivity contribution is 7.89. The SMILES string of the molecule is Cn1cc(S(=O)(=O)N2CC(c3ccccc3)C(c3ccccn3)=N2)cn1. The van der Waals surface area contributed by atoms with Crippen LogP contribution < -0.4 is 0 Å². The van der Waals surface area contributed by atoms with Crippen LogP contribution in [0.2, 0.25) is 0 Å². The zero-order valence-corrected chi connectivity index (χ0v) is 14.9. The van der Waals surface area contributed by atoms with E-state index in [-0.39, 0.29) is 17.4 Å². The molecule has 0 amide bonds. The van der Waals surface area contributed by atoms with E-state index in [2.05, 4.69) is 15.2 Å². The van der Waals surface area contributed by atoms with Crippen LogP contribution in [0.5, 0.6) is 0 Å². The molecule has 1 aromatic carbocycles. The largest absolute Gasteiger partial charge is 0.282 e. The quantitative estimate of drug-likeness (QED) is 0.706. The lowest BCUT2D eigenvalue weighted by Crippen LogP contribution is -2.25. The predicted molar refractivity (Wildman–Crippen MR) is 97.1 cm³/mol. The first kappa shape index (κ1) is 16.5. The molecular formula is C18H17N5O2S. The Labute approximate surface area is 151 Å². The highest BCUT2D eigenvalue weighted by atomic mass is 32.2. The minimum atomic E-state index is -3.76. The summed E-state index contributed by atoms with van der Waals surface area (Å²) < 4.78 is 28.5. The van der Waals surface area contributed by atoms with E-state index in [1.54, 1.807) is 13.2 Å². The Kier molecular flexibility index (Phi) is 4.04. The molecule has 2 aromatic heterocycles. The molecule has 26 heavy (non-hydrogen) atoms. The van der Waals surface area contributed by atoms with Gasteiger partial charge in [0.15, 0.2) is 0 Å². The van der Waals surface area contributed by atoms with Crippen molar-refractivity contribution in [3.05, 3.63) is 78.4 Å². The molecule has 1 aliphatic rings. The highest BCUT2D eigenvalue weighted by Crippen LogP contribution is 2.31. The number of hydrazone groups is 1. The van der Waals surface area contributed by atoms with E-state index in [1.165, 1.54) is 17.1 Å². The van der Waals surface area contributed by atoms with Crippen molar-refractivity contribution in [2.45, 2.75) is 10.8 Å². The number of aryl methyl sites for hydroxylation is 1. The van der Waals surface area contributed by atoms with Crippen molar-refractivity contribution in [3.8, 4) is 0 Å². The van der Waals surface area contributed by atoms with Crippen LogP contribution in [0.3, 0.4) is 0 Å². The van der Waals surface area contributed by atoms with Crippen LogP contribution in [0.4, 0.5) is 0 Å². The van der Waals surface area contributed by atoms with Gasteiger partial charge in [-0.25, -0.2) is 0 Å². The van der Waals surface area contributed by atoms with Crippen molar-refractivity contribution in [3.63, 3.8) is 0 Å². The predicted octanol–water partition coefficient (Wildman–Crippen LogP) is 2.01. The summed E-state index contributed by atoms with van der Waals surface area (Å²) in [6, 6.07) is 15.3. The van der Waals surface area contributed by atoms with Crippen LogP contribution in [0.25, 0.3) is 0 Å². The molecular weight excluding hydrogens is 350 g/mol. The second-order valence-corrected chi connectivity index (χ2v) is 7.87. The Morgan fingerprint density at radius 1 is 1.08 bits per heavy atom. The molecule has 0 radical (unpaired) electrons. The van der Waals surface area contributed by atoms with Crippen molar-refractivity contribution in [2.75, 3.05) is 6.54 Å². The number of hydrogen-bond donors (Lipinski definition) is 0. The van der Waals surface area contributed by atoms with Crippen LogP contribution >= 0.6 is 0 Å². The second kappa shape index (κ2) is 6.38. The molecule has 4 rings (SSSR count). The summed E-state index contributed by atoms with van der Waals surface area (Å²) in [5.41, 5.74) is 2.32. The fourth-order valence-corrected chi connectivity index (χ4v) is 4.22. The van der Waals surface area contributed by atoms with E-state index < -0.39 is 10.0 Å². The summed E-state index contributed by atoms with van der Waals surface area (Å²) in [6.07, 6.45) is 4.49. The third-order valence-corrected chi connectivity index (χ3v) is 5.87. The lowest BCUT2D eigenvalue weighted by Gasteiger charge is -2.15. The number of rotatable bonds is 4. The van der Waals surface area contributed by atoms with Crippen molar-refractivity contribution in [2.24, 2.45) is 12.1 Å². The van der Waals surface area contributed by atoms with Crippen molar-refractivity contribution >= 4 is 15.7 Å². The number of benzene rings is 1. The number of pyridine rings is 1. The average Bonchev–Trinajstić information content (AvgIpc) is 3.30. The van der Waals surface area contributed by atoms with Crippen LogP contribution in [-0.2, 0) is 17.1 Å². The van der Waals surface area contributed by atoms with Gasteiger partial charge in [-0.2, -0.15) is 23.0 Å². The van der Waals surface area contributed by atoms with Gasteiger partial charge in [0.2, 0.25) is 0 Å². The molecule has 7 nitrogen and oxygen atoms in total. The molecule has 132 valence electrons. The zero-order chi connectivity index (χ0) is 18.1. The number of aromatic nitrogens is 3. The molecule has 8 heteroatoms. The maximum absolute atomic E-state index is 12.9. The topological polar surface area (TPSA) is 80.5 Å². The molecule has 1 atom stereocenters. The lowest BCUT2D eigenvalue weighted by atomic mass is 9.93. The number of nitrogens with zero attached hydrogens (tertiary/aromatic N) is 5. The van der Waals surface area contributed by atoms with Crippen LogP contribution in [0, 0.1) is 0 Å². The molecule has 3 heterocycles. The lowest BCUT2D eigenvalue weighted by molar-refractivity contribution is 0.451. The summed E-state index contributed by atoms with van der Waals surface area (Å²) in [7, 11) is -2.09. The van der Waals surface area contributed by atoms with E-state index >= 15 is 0 Å². The maximum atomic E-state index is 12.9. The van der Waals surface area contributed by atoms with E-state index in [9.17, 15) is 8.42 Å². The van der Waals surface area contributed by atoms with Gasteiger partial charge in [-0.3, -0.25) is 9.67 Å². The van der Waals surface area contributed by atoms with E-state index in [1.807, 2.05) is 48.5 Å². The van der Waals surface area contributed by atoms with Crippen molar-refractivity contribution < 1.29 is 8.42 Å². The summed E-state index contributed by atoms with van der Waals surface area (Å²) in [6.45, 7) is 0.229. The average molecular weight is 367 g/mol. The normalized spacial score (nSPS) is 17.3. The van der Waals surface area contributed by atoms with Gasteiger partial charge in [0.1, 0.15) is 4.90 Å². The Bertz CT molecular complexity index is 1050. The number of sulfonamides is 1. The van der Waals surface area contributed by atoms with Gasteiger partial charge in [-0.1, -0.05) is 36.4 Å². The second-order valence-electron chi connectivity index (χ2n) is 6.02. The van der Waals surface area contributed by atoms with Gasteiger partial charge in [-0.15, -0.1) is 0 Å². The first-order valence-corrected chi connectivity index (χ1v) is 9.56. The fourth-order valence-electron chi connectivity index (χ4n) is 2.97. The zero-order valence-electron chi connectivity index (χ0n) is 14.1. The molecule has 0 bridgehead atoms. The monoisotopic (exact) mass is 367 g/mol. The minimum absolute atomic E-state index is 0.123. The van der Waals surface area contributed by atoms with Gasteiger partial charge in [-0.05, 0) is 17.7 Å². The summed E-state index contributed by atoms with van der Waals surface area (Å²) in [5, 5.41) is 8.39. The maximum Gasteiger partial charge on any atom is 0.282 e. The summed E-state index contributed by atoms with van der Waals surface area (Å²) >= 11 is 0. The van der Waals surface area contributed by atoms with E-state index in [0.717, 1.165) is 9.98 Å². The first-order chi connectivity index (χ1) is 12.6. The van der Waals surface area contributed by atoms with Gasteiger partial charge >= 0.3 is 0 Å². The van der Waals surface area contributed by atoms with Crippen molar-refractivity contribution in [1.82, 2.24) is 19.2 Å². The highest BCUT2D eigenvalue weighted by Gasteiger charge is 2.36.